The van der Waals surface area contributed by atoms with Gasteiger partial charge in [0.1, 0.15) is 0 Å². The van der Waals surface area contributed by atoms with Crippen molar-refractivity contribution in [2.24, 2.45) is 5.41 Å². The number of carbonyl (C=O) groups excluding carboxylic acids is 1. The molecule has 0 saturated carbocycles. The Morgan fingerprint density at radius 1 is 1.25 bits per heavy atom. The largest absolute Gasteiger partial charge is 0.343 e. The van der Waals surface area contributed by atoms with E-state index in [0.29, 0.717) is 18.4 Å². The molecule has 1 aliphatic heterocycles. The first kappa shape index (κ1) is 13.5. The van der Waals surface area contributed by atoms with E-state index >= 15 is 0 Å². The van der Waals surface area contributed by atoms with Crippen molar-refractivity contribution in [3.05, 3.63) is 0 Å². The molecule has 0 N–H and O–H groups in total. The average Bonchev–Trinajstić information content (AvgIpc) is 2.15. The summed E-state index contributed by atoms with van der Waals surface area (Å²) < 4.78 is 0. The van der Waals surface area contributed by atoms with Gasteiger partial charge in [-0.05, 0) is 32.4 Å². The van der Waals surface area contributed by atoms with Crippen LogP contribution in [0.1, 0.15) is 40.0 Å². The number of hydrogen-bond donors (Lipinski definition) is 0. The van der Waals surface area contributed by atoms with E-state index in [1.807, 2.05) is 4.90 Å². The van der Waals surface area contributed by atoms with Crippen LogP contribution in [0.15, 0.2) is 0 Å². The Kier molecular flexibility index (Phi) is 4.36. The summed E-state index contributed by atoms with van der Waals surface area (Å²) in [5.74, 6) is 0.324. The molecule has 0 aromatic carbocycles. The maximum Gasteiger partial charge on any atom is 0.223 e. The van der Waals surface area contributed by atoms with E-state index in [1.165, 1.54) is 0 Å². The number of piperidine rings is 1. The number of nitrogens with zero attached hydrogens (tertiary/aromatic N) is 2. The minimum Gasteiger partial charge on any atom is -0.343 e. The number of amides is 1. The molecule has 16 heavy (non-hydrogen) atoms. The molecule has 0 aromatic heterocycles. The van der Waals surface area contributed by atoms with Crippen LogP contribution >= 0.6 is 0 Å². The van der Waals surface area contributed by atoms with Crippen molar-refractivity contribution in [3.63, 3.8) is 0 Å². The van der Waals surface area contributed by atoms with Gasteiger partial charge >= 0.3 is 0 Å². The monoisotopic (exact) mass is 226 g/mol. The fourth-order valence-electron chi connectivity index (χ4n) is 2.20. The van der Waals surface area contributed by atoms with Crippen molar-refractivity contribution < 1.29 is 4.79 Å². The van der Waals surface area contributed by atoms with Gasteiger partial charge in [0, 0.05) is 25.6 Å². The van der Waals surface area contributed by atoms with Crippen molar-refractivity contribution in [2.75, 3.05) is 27.2 Å². The maximum absolute atomic E-state index is 12.0. The molecule has 1 amide bonds. The van der Waals surface area contributed by atoms with Gasteiger partial charge in [-0.3, -0.25) is 4.79 Å². The van der Waals surface area contributed by atoms with Crippen molar-refractivity contribution in [3.8, 4) is 0 Å². The van der Waals surface area contributed by atoms with Crippen molar-refractivity contribution in [1.82, 2.24) is 9.80 Å². The van der Waals surface area contributed by atoms with Gasteiger partial charge < -0.3 is 9.80 Å². The maximum atomic E-state index is 12.0. The van der Waals surface area contributed by atoms with E-state index in [2.05, 4.69) is 39.8 Å². The Morgan fingerprint density at radius 3 is 2.12 bits per heavy atom. The number of rotatable bonds is 2. The molecule has 1 saturated heterocycles. The molecular formula is C13H26N2O. The second-order valence-corrected chi connectivity index (χ2v) is 6.31. The molecule has 1 rings (SSSR count). The number of likely N-dealkylation sites (tertiary alicyclic amines) is 1. The molecular weight excluding hydrogens is 200 g/mol. The van der Waals surface area contributed by atoms with Gasteiger partial charge in [0.2, 0.25) is 5.91 Å². The van der Waals surface area contributed by atoms with Gasteiger partial charge in [0.15, 0.2) is 0 Å². The van der Waals surface area contributed by atoms with E-state index in [0.717, 1.165) is 25.9 Å². The van der Waals surface area contributed by atoms with Crippen LogP contribution in [0.25, 0.3) is 0 Å². The summed E-state index contributed by atoms with van der Waals surface area (Å²) in [7, 11) is 4.24. The van der Waals surface area contributed by atoms with Crippen LogP contribution < -0.4 is 0 Å². The van der Waals surface area contributed by atoms with Crippen LogP contribution in [0.2, 0.25) is 0 Å². The Bertz CT molecular complexity index is 235. The molecule has 0 spiro atoms. The molecule has 0 bridgehead atoms. The molecule has 1 fully saturated rings. The van der Waals surface area contributed by atoms with Crippen LogP contribution in [0.3, 0.4) is 0 Å². The van der Waals surface area contributed by atoms with Crippen molar-refractivity contribution in [1.29, 1.82) is 0 Å². The van der Waals surface area contributed by atoms with Gasteiger partial charge in [0.05, 0.1) is 0 Å². The second kappa shape index (κ2) is 5.17. The fourth-order valence-corrected chi connectivity index (χ4v) is 2.20. The highest BCUT2D eigenvalue weighted by Crippen LogP contribution is 2.22. The first-order valence-corrected chi connectivity index (χ1v) is 6.24. The molecule has 1 aliphatic rings. The van der Waals surface area contributed by atoms with Crippen LogP contribution in [0.4, 0.5) is 0 Å². The molecule has 94 valence electrons. The molecule has 3 nitrogen and oxygen atoms in total. The normalized spacial score (nSPS) is 19.2. The SMILES string of the molecule is CN(C)C1CCN(C(=O)CC(C)(C)C)CC1. The molecule has 0 aromatic rings. The van der Waals surface area contributed by atoms with Crippen molar-refractivity contribution in [2.45, 2.75) is 46.1 Å². The summed E-state index contributed by atoms with van der Waals surface area (Å²) >= 11 is 0. The third-order valence-corrected chi connectivity index (χ3v) is 3.23. The highest BCUT2D eigenvalue weighted by Gasteiger charge is 2.26. The van der Waals surface area contributed by atoms with E-state index in [-0.39, 0.29) is 5.41 Å². The van der Waals surface area contributed by atoms with E-state index < -0.39 is 0 Å². The molecule has 0 radical (unpaired) electrons. The first-order valence-electron chi connectivity index (χ1n) is 6.24. The Labute approximate surface area is 99.8 Å². The van der Waals surface area contributed by atoms with Crippen LogP contribution in [-0.2, 0) is 4.79 Å². The zero-order chi connectivity index (χ0) is 12.3. The standard InChI is InChI=1S/C13H26N2O/c1-13(2,3)10-12(16)15-8-6-11(7-9-15)14(4)5/h11H,6-10H2,1-5H3. The Balaban J connectivity index is 2.39. The smallest absolute Gasteiger partial charge is 0.223 e. The lowest BCUT2D eigenvalue weighted by Gasteiger charge is -2.36. The summed E-state index contributed by atoms with van der Waals surface area (Å²) in [5.41, 5.74) is 0.107. The zero-order valence-electron chi connectivity index (χ0n) is 11.4. The summed E-state index contributed by atoms with van der Waals surface area (Å²) in [5, 5.41) is 0. The molecule has 0 atom stereocenters. The minimum absolute atomic E-state index is 0.107. The summed E-state index contributed by atoms with van der Waals surface area (Å²) in [6.07, 6.45) is 2.89. The third kappa shape index (κ3) is 4.12. The fraction of sp³-hybridized carbons (Fsp3) is 0.923. The van der Waals surface area contributed by atoms with Gasteiger partial charge in [-0.15, -0.1) is 0 Å². The molecule has 0 aliphatic carbocycles. The average molecular weight is 226 g/mol. The summed E-state index contributed by atoms with van der Waals surface area (Å²) in [6, 6.07) is 0.652. The Hall–Kier alpha value is -0.570. The summed E-state index contributed by atoms with van der Waals surface area (Å²) in [6.45, 7) is 8.22. The highest BCUT2D eigenvalue weighted by molar-refractivity contribution is 5.76. The lowest BCUT2D eigenvalue weighted by molar-refractivity contribution is -0.134. The van der Waals surface area contributed by atoms with Gasteiger partial charge in [-0.2, -0.15) is 0 Å². The van der Waals surface area contributed by atoms with Crippen LogP contribution in [0, 0.1) is 5.41 Å². The predicted molar refractivity (Wildman–Crippen MR) is 67.4 cm³/mol. The zero-order valence-corrected chi connectivity index (χ0v) is 11.4. The van der Waals surface area contributed by atoms with Gasteiger partial charge in [-0.1, -0.05) is 20.8 Å². The van der Waals surface area contributed by atoms with E-state index in [1.54, 1.807) is 0 Å². The minimum atomic E-state index is 0.107. The summed E-state index contributed by atoms with van der Waals surface area (Å²) in [4.78, 5) is 16.3. The van der Waals surface area contributed by atoms with E-state index in [9.17, 15) is 4.79 Å². The molecule has 3 heteroatoms. The Morgan fingerprint density at radius 2 is 1.75 bits per heavy atom. The van der Waals surface area contributed by atoms with Crippen molar-refractivity contribution >= 4 is 5.91 Å². The number of carbonyl (C=O) groups is 1. The van der Waals surface area contributed by atoms with E-state index in [4.69, 9.17) is 0 Å². The van der Waals surface area contributed by atoms with Crippen LogP contribution in [-0.4, -0.2) is 48.9 Å². The number of hydrogen-bond acceptors (Lipinski definition) is 2. The van der Waals surface area contributed by atoms with Gasteiger partial charge in [0.25, 0.3) is 0 Å². The molecule has 0 unspecified atom stereocenters. The highest BCUT2D eigenvalue weighted by atomic mass is 16.2. The topological polar surface area (TPSA) is 23.6 Å². The molecule has 1 heterocycles. The third-order valence-electron chi connectivity index (χ3n) is 3.23. The van der Waals surface area contributed by atoms with Crippen LogP contribution in [0.5, 0.6) is 0 Å². The lowest BCUT2D eigenvalue weighted by Crippen LogP contribution is -2.45. The quantitative estimate of drug-likeness (QED) is 0.719. The predicted octanol–water partition coefficient (Wildman–Crippen LogP) is 1.98. The second-order valence-electron chi connectivity index (χ2n) is 6.31. The first-order chi connectivity index (χ1) is 7.29. The lowest BCUT2D eigenvalue weighted by atomic mass is 9.91. The van der Waals surface area contributed by atoms with Gasteiger partial charge in [-0.25, -0.2) is 0 Å².